The Morgan fingerprint density at radius 1 is 1.44 bits per heavy atom. The molecule has 0 atom stereocenters. The number of aromatic nitrogens is 2. The van der Waals surface area contributed by atoms with Gasteiger partial charge in [0.25, 0.3) is 0 Å². The van der Waals surface area contributed by atoms with Crippen LogP contribution in [-0.4, -0.2) is 10.2 Å². The zero-order valence-corrected chi connectivity index (χ0v) is 9.75. The van der Waals surface area contributed by atoms with Gasteiger partial charge in [-0.3, -0.25) is 5.10 Å². The molecule has 1 N–H and O–H groups in total. The fourth-order valence-corrected chi connectivity index (χ4v) is 1.95. The van der Waals surface area contributed by atoms with Crippen LogP contribution in [0.5, 0.6) is 0 Å². The van der Waals surface area contributed by atoms with Gasteiger partial charge in [-0.2, -0.15) is 5.10 Å². The zero-order valence-electron chi connectivity index (χ0n) is 9.75. The number of allylic oxidation sites excluding steroid dienone is 1. The van der Waals surface area contributed by atoms with Gasteiger partial charge in [-0.05, 0) is 36.1 Å². The molecule has 0 bridgehead atoms. The summed E-state index contributed by atoms with van der Waals surface area (Å²) in [6.07, 6.45) is 9.13. The van der Waals surface area contributed by atoms with Gasteiger partial charge in [-0.1, -0.05) is 31.7 Å². The molecular weight excluding hydrogens is 196 g/mol. The molecule has 2 rings (SSSR count). The van der Waals surface area contributed by atoms with E-state index in [-0.39, 0.29) is 0 Å². The van der Waals surface area contributed by atoms with Crippen LogP contribution in [0.2, 0.25) is 0 Å². The Balaban J connectivity index is 2.74. The maximum atomic E-state index is 4.08. The van der Waals surface area contributed by atoms with Crippen molar-refractivity contribution in [3.63, 3.8) is 0 Å². The Labute approximate surface area is 95.7 Å². The van der Waals surface area contributed by atoms with E-state index >= 15 is 0 Å². The molecule has 0 unspecified atom stereocenters. The number of H-pyrrole nitrogens is 1. The van der Waals surface area contributed by atoms with Crippen molar-refractivity contribution in [1.29, 1.82) is 0 Å². The van der Waals surface area contributed by atoms with Crippen LogP contribution in [0.15, 0.2) is 24.9 Å². The second-order valence-electron chi connectivity index (χ2n) is 3.87. The molecule has 0 fully saturated rings. The molecule has 0 amide bonds. The summed E-state index contributed by atoms with van der Waals surface area (Å²) in [5.41, 5.74) is 4.72. The van der Waals surface area contributed by atoms with Gasteiger partial charge in [0.15, 0.2) is 0 Å². The van der Waals surface area contributed by atoms with Crippen LogP contribution < -0.4 is 0 Å². The number of benzene rings is 1. The normalized spacial score (nSPS) is 11.4. The number of hydrogen-bond acceptors (Lipinski definition) is 1. The highest BCUT2D eigenvalue weighted by molar-refractivity contribution is 5.92. The minimum absolute atomic E-state index is 1.04. The highest BCUT2D eigenvalue weighted by Crippen LogP contribution is 2.26. The van der Waals surface area contributed by atoms with Crippen molar-refractivity contribution in [2.45, 2.75) is 20.3 Å². The number of aromatic amines is 1. The summed E-state index contributed by atoms with van der Waals surface area (Å²) in [4.78, 5) is 0. The van der Waals surface area contributed by atoms with E-state index in [0.717, 1.165) is 22.9 Å². The lowest BCUT2D eigenvalue weighted by molar-refractivity contribution is 1.12. The lowest BCUT2D eigenvalue weighted by atomic mass is 9.97. The molecule has 16 heavy (non-hydrogen) atoms. The third kappa shape index (κ3) is 1.67. The summed E-state index contributed by atoms with van der Waals surface area (Å²) >= 11 is 0. The van der Waals surface area contributed by atoms with Crippen LogP contribution in [0.4, 0.5) is 0 Å². The number of rotatable bonds is 3. The lowest BCUT2D eigenvalue weighted by Crippen LogP contribution is -1.87. The third-order valence-corrected chi connectivity index (χ3v) is 2.76. The van der Waals surface area contributed by atoms with E-state index in [9.17, 15) is 0 Å². The molecule has 0 saturated carbocycles. The molecule has 2 nitrogen and oxygen atoms in total. The van der Waals surface area contributed by atoms with Crippen LogP contribution in [0.25, 0.3) is 23.1 Å². The van der Waals surface area contributed by atoms with Gasteiger partial charge >= 0.3 is 0 Å². The molecule has 0 saturated heterocycles. The smallest absolute Gasteiger partial charge is 0.0659 e. The van der Waals surface area contributed by atoms with Gasteiger partial charge in [0.1, 0.15) is 0 Å². The molecule has 1 heterocycles. The Morgan fingerprint density at radius 3 is 2.94 bits per heavy atom. The first-order valence-electron chi connectivity index (χ1n) is 5.53. The SMILES string of the molecule is C=Cc1c(/C=C\CC)c(C)cc2[nH]ncc12. The van der Waals surface area contributed by atoms with Crippen LogP contribution in [0, 0.1) is 6.92 Å². The summed E-state index contributed by atoms with van der Waals surface area (Å²) in [5, 5.41) is 8.21. The Morgan fingerprint density at radius 2 is 2.25 bits per heavy atom. The van der Waals surface area contributed by atoms with Gasteiger partial charge in [-0.15, -0.1) is 0 Å². The van der Waals surface area contributed by atoms with Gasteiger partial charge in [0.05, 0.1) is 11.7 Å². The summed E-state index contributed by atoms with van der Waals surface area (Å²) < 4.78 is 0. The van der Waals surface area contributed by atoms with Gasteiger partial charge < -0.3 is 0 Å². The van der Waals surface area contributed by atoms with E-state index in [1.165, 1.54) is 11.1 Å². The third-order valence-electron chi connectivity index (χ3n) is 2.76. The Hall–Kier alpha value is -1.83. The van der Waals surface area contributed by atoms with Gasteiger partial charge in [-0.25, -0.2) is 0 Å². The van der Waals surface area contributed by atoms with Crippen LogP contribution in [0.1, 0.15) is 30.0 Å². The largest absolute Gasteiger partial charge is 0.278 e. The number of nitrogens with one attached hydrogen (secondary N) is 1. The van der Waals surface area contributed by atoms with Gasteiger partial charge in [0, 0.05) is 5.39 Å². The first-order chi connectivity index (χ1) is 7.77. The van der Waals surface area contributed by atoms with Crippen molar-refractivity contribution in [2.75, 3.05) is 0 Å². The van der Waals surface area contributed by atoms with Crippen molar-refractivity contribution < 1.29 is 0 Å². The van der Waals surface area contributed by atoms with Crippen LogP contribution in [-0.2, 0) is 0 Å². The van der Waals surface area contributed by atoms with Gasteiger partial charge in [0.2, 0.25) is 0 Å². The number of hydrogen-bond donors (Lipinski definition) is 1. The highest BCUT2D eigenvalue weighted by Gasteiger charge is 2.07. The van der Waals surface area contributed by atoms with E-state index in [0.29, 0.717) is 0 Å². The first kappa shape index (κ1) is 10.7. The summed E-state index contributed by atoms with van der Waals surface area (Å²) in [6, 6.07) is 2.13. The molecule has 82 valence electrons. The second-order valence-corrected chi connectivity index (χ2v) is 3.87. The van der Waals surface area contributed by atoms with Crippen molar-refractivity contribution >= 4 is 23.1 Å². The summed E-state index contributed by atoms with van der Waals surface area (Å²) in [6.45, 7) is 8.14. The number of fused-ring (bicyclic) bond motifs is 1. The second kappa shape index (κ2) is 4.35. The van der Waals surface area contributed by atoms with E-state index in [4.69, 9.17) is 0 Å². The first-order valence-corrected chi connectivity index (χ1v) is 5.53. The molecule has 1 aromatic carbocycles. The predicted octanol–water partition coefficient (Wildman–Crippen LogP) is 3.94. The molecule has 2 heteroatoms. The maximum Gasteiger partial charge on any atom is 0.0659 e. The summed E-state index contributed by atoms with van der Waals surface area (Å²) in [7, 11) is 0. The summed E-state index contributed by atoms with van der Waals surface area (Å²) in [5.74, 6) is 0. The van der Waals surface area contributed by atoms with Crippen LogP contribution >= 0.6 is 0 Å². The minimum Gasteiger partial charge on any atom is -0.278 e. The fraction of sp³-hybridized carbons (Fsp3) is 0.214. The molecule has 0 aliphatic carbocycles. The van der Waals surface area contributed by atoms with Crippen molar-refractivity contribution in [2.24, 2.45) is 0 Å². The van der Waals surface area contributed by atoms with Crippen LogP contribution in [0.3, 0.4) is 0 Å². The molecule has 0 aliphatic rings. The average Bonchev–Trinajstić information content (AvgIpc) is 2.73. The topological polar surface area (TPSA) is 28.7 Å². The van der Waals surface area contributed by atoms with Crippen molar-refractivity contribution in [3.8, 4) is 0 Å². The van der Waals surface area contributed by atoms with Crippen molar-refractivity contribution in [1.82, 2.24) is 10.2 Å². The Kier molecular flexibility index (Phi) is 2.91. The fourth-order valence-electron chi connectivity index (χ4n) is 1.95. The molecule has 2 aromatic rings. The highest BCUT2D eigenvalue weighted by atomic mass is 15.1. The Bertz CT molecular complexity index is 547. The molecule has 0 spiro atoms. The molecule has 1 aromatic heterocycles. The van der Waals surface area contributed by atoms with E-state index < -0.39 is 0 Å². The molecule has 0 radical (unpaired) electrons. The predicted molar refractivity (Wildman–Crippen MR) is 70.2 cm³/mol. The standard InChI is InChI=1S/C14H16N2/c1-4-6-7-12-10(3)8-14-13(9-15-16-14)11(12)5-2/h5-9H,2,4H2,1,3H3,(H,15,16)/b7-6-. The monoisotopic (exact) mass is 212 g/mol. The zero-order chi connectivity index (χ0) is 11.5. The van der Waals surface area contributed by atoms with Crippen molar-refractivity contribution in [3.05, 3.63) is 41.6 Å². The lowest BCUT2D eigenvalue weighted by Gasteiger charge is -2.07. The van der Waals surface area contributed by atoms with E-state index in [1.807, 2.05) is 12.3 Å². The maximum absolute atomic E-state index is 4.08. The quantitative estimate of drug-likeness (QED) is 0.820. The average molecular weight is 212 g/mol. The number of aryl methyl sites for hydroxylation is 1. The minimum atomic E-state index is 1.04. The molecule has 0 aliphatic heterocycles. The van der Waals surface area contributed by atoms with E-state index in [1.54, 1.807) is 0 Å². The van der Waals surface area contributed by atoms with E-state index in [2.05, 4.69) is 48.8 Å². The molecular formula is C14H16N2. The number of nitrogens with zero attached hydrogens (tertiary/aromatic N) is 1.